The van der Waals surface area contributed by atoms with Crippen LogP contribution in [-0.4, -0.2) is 9.55 Å². The summed E-state index contributed by atoms with van der Waals surface area (Å²) in [6.45, 7) is 4.13. The molecular weight excluding hydrogens is 352 g/mol. The summed E-state index contributed by atoms with van der Waals surface area (Å²) in [6, 6.07) is 23.9. The van der Waals surface area contributed by atoms with Crippen molar-refractivity contribution in [2.75, 3.05) is 0 Å². The van der Waals surface area contributed by atoms with Gasteiger partial charge in [-0.3, -0.25) is 9.36 Å². The van der Waals surface area contributed by atoms with Gasteiger partial charge in [0.1, 0.15) is 0 Å². The summed E-state index contributed by atoms with van der Waals surface area (Å²) in [5.74, 6) is 0.762. The van der Waals surface area contributed by atoms with Crippen molar-refractivity contribution >= 4 is 22.7 Å². The third-order valence-corrected chi connectivity index (χ3v) is 5.50. The Balaban J connectivity index is 1.83. The van der Waals surface area contributed by atoms with Gasteiger partial charge in [0, 0.05) is 5.75 Å². The average Bonchev–Trinajstić information content (AvgIpc) is 2.68. The molecule has 0 unspecified atom stereocenters. The van der Waals surface area contributed by atoms with Crippen LogP contribution in [0.4, 0.5) is 0 Å². The number of aromatic nitrogens is 2. The minimum atomic E-state index is -0.0313. The van der Waals surface area contributed by atoms with Gasteiger partial charge in [0.2, 0.25) is 0 Å². The van der Waals surface area contributed by atoms with Crippen LogP contribution in [0.3, 0.4) is 0 Å². The van der Waals surface area contributed by atoms with Gasteiger partial charge in [0.15, 0.2) is 5.16 Å². The number of fused-ring (bicyclic) bond motifs is 1. The molecule has 1 heterocycles. The van der Waals surface area contributed by atoms with Crippen molar-refractivity contribution in [3.8, 4) is 5.69 Å². The maximum atomic E-state index is 13.2. The Morgan fingerprint density at radius 3 is 2.44 bits per heavy atom. The van der Waals surface area contributed by atoms with Crippen LogP contribution < -0.4 is 5.56 Å². The highest BCUT2D eigenvalue weighted by Crippen LogP contribution is 2.25. The molecule has 0 N–H and O–H groups in total. The number of hydrogen-bond donors (Lipinski definition) is 0. The molecule has 0 radical (unpaired) electrons. The lowest BCUT2D eigenvalue weighted by Gasteiger charge is -2.13. The summed E-state index contributed by atoms with van der Waals surface area (Å²) in [4.78, 5) is 18.0. The predicted molar refractivity (Wildman–Crippen MR) is 113 cm³/mol. The quantitative estimate of drug-likeness (QED) is 0.360. The molecule has 1 aromatic heterocycles. The molecule has 0 saturated heterocycles. The Bertz CT molecular complexity index is 1160. The van der Waals surface area contributed by atoms with E-state index in [0.717, 1.165) is 22.5 Å². The molecule has 0 aliphatic rings. The van der Waals surface area contributed by atoms with E-state index in [1.807, 2.05) is 55.5 Å². The third-order valence-electron chi connectivity index (χ3n) is 4.49. The molecule has 0 bridgehead atoms. The smallest absolute Gasteiger partial charge is 0.266 e. The molecule has 0 amide bonds. The molecule has 0 fully saturated rings. The summed E-state index contributed by atoms with van der Waals surface area (Å²) in [7, 11) is 0. The van der Waals surface area contributed by atoms with E-state index < -0.39 is 0 Å². The molecule has 0 aliphatic heterocycles. The van der Waals surface area contributed by atoms with Crippen molar-refractivity contribution in [3.63, 3.8) is 0 Å². The molecule has 0 spiro atoms. The zero-order chi connectivity index (χ0) is 18.8. The van der Waals surface area contributed by atoms with Crippen molar-refractivity contribution in [2.45, 2.75) is 24.8 Å². The standard InChI is InChI=1S/C23H20N2OS/c1-16-10-12-19(13-11-16)25-22(26)20-8-3-4-9-21(20)24-23(25)27-15-18-7-5-6-17(2)14-18/h3-14H,15H2,1-2H3. The van der Waals surface area contributed by atoms with E-state index in [9.17, 15) is 4.79 Å². The minimum Gasteiger partial charge on any atom is -0.268 e. The average molecular weight is 372 g/mol. The van der Waals surface area contributed by atoms with E-state index in [2.05, 4.69) is 31.2 Å². The van der Waals surface area contributed by atoms with Gasteiger partial charge in [-0.25, -0.2) is 4.98 Å². The molecule has 0 saturated carbocycles. The van der Waals surface area contributed by atoms with Crippen LogP contribution in [-0.2, 0) is 5.75 Å². The lowest BCUT2D eigenvalue weighted by atomic mass is 10.2. The summed E-state index contributed by atoms with van der Waals surface area (Å²) in [5.41, 5.74) is 5.16. The van der Waals surface area contributed by atoms with E-state index in [4.69, 9.17) is 4.98 Å². The molecule has 0 aliphatic carbocycles. The Kier molecular flexibility index (Phi) is 4.82. The molecule has 4 heteroatoms. The number of benzene rings is 3. The van der Waals surface area contributed by atoms with E-state index in [0.29, 0.717) is 10.5 Å². The number of para-hydroxylation sites is 1. The van der Waals surface area contributed by atoms with E-state index in [1.54, 1.807) is 16.3 Å². The fourth-order valence-electron chi connectivity index (χ4n) is 3.08. The molecule has 4 aromatic rings. The van der Waals surface area contributed by atoms with E-state index in [-0.39, 0.29) is 5.56 Å². The molecule has 4 rings (SSSR count). The van der Waals surface area contributed by atoms with Gasteiger partial charge < -0.3 is 0 Å². The number of rotatable bonds is 4. The Morgan fingerprint density at radius 2 is 1.67 bits per heavy atom. The fraction of sp³-hybridized carbons (Fsp3) is 0.130. The lowest BCUT2D eigenvalue weighted by molar-refractivity contribution is 0.819. The second-order valence-electron chi connectivity index (χ2n) is 6.67. The summed E-state index contributed by atoms with van der Waals surface area (Å²) >= 11 is 1.59. The molecular formula is C23H20N2OS. The Hall–Kier alpha value is -2.85. The minimum absolute atomic E-state index is 0.0313. The molecule has 3 aromatic carbocycles. The molecule has 0 atom stereocenters. The first-order valence-corrected chi connectivity index (χ1v) is 9.87. The summed E-state index contributed by atoms with van der Waals surface area (Å²) in [5, 5.41) is 1.35. The number of thioether (sulfide) groups is 1. The number of hydrogen-bond acceptors (Lipinski definition) is 3. The van der Waals surface area contributed by atoms with Crippen LogP contribution >= 0.6 is 11.8 Å². The largest absolute Gasteiger partial charge is 0.268 e. The van der Waals surface area contributed by atoms with Crippen LogP contribution in [0.2, 0.25) is 0 Å². The summed E-state index contributed by atoms with van der Waals surface area (Å²) < 4.78 is 1.72. The van der Waals surface area contributed by atoms with Gasteiger partial charge in [-0.1, -0.05) is 71.4 Å². The van der Waals surface area contributed by atoms with Crippen LogP contribution in [0.25, 0.3) is 16.6 Å². The van der Waals surface area contributed by atoms with Crippen LogP contribution in [0.15, 0.2) is 82.7 Å². The zero-order valence-corrected chi connectivity index (χ0v) is 16.2. The van der Waals surface area contributed by atoms with Crippen LogP contribution in [0.1, 0.15) is 16.7 Å². The maximum Gasteiger partial charge on any atom is 0.266 e. The van der Waals surface area contributed by atoms with Crippen molar-refractivity contribution in [3.05, 3.63) is 99.8 Å². The van der Waals surface area contributed by atoms with Crippen LogP contribution in [0.5, 0.6) is 0 Å². The van der Waals surface area contributed by atoms with Crippen molar-refractivity contribution in [1.82, 2.24) is 9.55 Å². The first-order chi connectivity index (χ1) is 13.1. The third kappa shape index (κ3) is 3.67. The predicted octanol–water partition coefficient (Wildman–Crippen LogP) is 5.29. The topological polar surface area (TPSA) is 34.9 Å². The number of nitrogens with zero attached hydrogens (tertiary/aromatic N) is 2. The van der Waals surface area contributed by atoms with Crippen molar-refractivity contribution in [2.24, 2.45) is 0 Å². The second-order valence-corrected chi connectivity index (χ2v) is 7.61. The van der Waals surface area contributed by atoms with Gasteiger partial charge in [-0.2, -0.15) is 0 Å². The monoisotopic (exact) mass is 372 g/mol. The SMILES string of the molecule is Cc1ccc(-n2c(SCc3cccc(C)c3)nc3ccccc3c2=O)cc1. The Morgan fingerprint density at radius 1 is 0.889 bits per heavy atom. The molecule has 27 heavy (non-hydrogen) atoms. The first-order valence-electron chi connectivity index (χ1n) is 8.89. The molecule has 134 valence electrons. The van der Waals surface area contributed by atoms with Crippen molar-refractivity contribution in [1.29, 1.82) is 0 Å². The maximum absolute atomic E-state index is 13.2. The highest BCUT2D eigenvalue weighted by molar-refractivity contribution is 7.98. The highest BCUT2D eigenvalue weighted by atomic mass is 32.2. The fourth-order valence-corrected chi connectivity index (χ4v) is 4.04. The van der Waals surface area contributed by atoms with Crippen LogP contribution in [0, 0.1) is 13.8 Å². The van der Waals surface area contributed by atoms with Gasteiger partial charge in [-0.05, 0) is 43.7 Å². The van der Waals surface area contributed by atoms with Gasteiger partial charge >= 0.3 is 0 Å². The lowest BCUT2D eigenvalue weighted by Crippen LogP contribution is -2.21. The van der Waals surface area contributed by atoms with E-state index >= 15 is 0 Å². The zero-order valence-electron chi connectivity index (χ0n) is 15.3. The van der Waals surface area contributed by atoms with E-state index in [1.165, 1.54) is 11.1 Å². The normalized spacial score (nSPS) is 11.0. The molecule has 3 nitrogen and oxygen atoms in total. The Labute approximate surface area is 162 Å². The van der Waals surface area contributed by atoms with Gasteiger partial charge in [0.25, 0.3) is 5.56 Å². The number of aryl methyl sites for hydroxylation is 2. The highest BCUT2D eigenvalue weighted by Gasteiger charge is 2.13. The van der Waals surface area contributed by atoms with Gasteiger partial charge in [-0.15, -0.1) is 0 Å². The second kappa shape index (κ2) is 7.41. The first kappa shape index (κ1) is 17.6. The van der Waals surface area contributed by atoms with Crippen molar-refractivity contribution < 1.29 is 0 Å². The summed E-state index contributed by atoms with van der Waals surface area (Å²) in [6.07, 6.45) is 0. The van der Waals surface area contributed by atoms with Gasteiger partial charge in [0.05, 0.1) is 16.6 Å².